The van der Waals surface area contributed by atoms with Crippen molar-refractivity contribution in [2.24, 2.45) is 0 Å². The van der Waals surface area contributed by atoms with Gasteiger partial charge in [0.25, 0.3) is 5.91 Å². The van der Waals surface area contributed by atoms with Gasteiger partial charge in [-0.3, -0.25) is 9.59 Å². The van der Waals surface area contributed by atoms with Crippen molar-refractivity contribution < 1.29 is 9.59 Å². The molecule has 0 aliphatic rings. The number of benzene rings is 2. The summed E-state index contributed by atoms with van der Waals surface area (Å²) < 4.78 is 1.68. The first kappa shape index (κ1) is 18.6. The van der Waals surface area contributed by atoms with E-state index >= 15 is 0 Å². The number of amides is 1. The van der Waals surface area contributed by atoms with Gasteiger partial charge in [-0.15, -0.1) is 0 Å². The normalized spacial score (nSPS) is 10.8. The molecule has 2 heterocycles. The molecule has 0 spiro atoms. The van der Waals surface area contributed by atoms with Crippen LogP contribution in [0.3, 0.4) is 0 Å². The number of nitrogens with one attached hydrogen (secondary N) is 1. The summed E-state index contributed by atoms with van der Waals surface area (Å²) >= 11 is 0. The van der Waals surface area contributed by atoms with E-state index in [0.717, 1.165) is 22.2 Å². The molecule has 0 bridgehead atoms. The first-order chi connectivity index (χ1) is 14.2. The van der Waals surface area contributed by atoms with E-state index in [0.29, 0.717) is 24.9 Å². The average molecular weight is 383 g/mol. The third-order valence-corrected chi connectivity index (χ3v) is 4.86. The van der Waals surface area contributed by atoms with E-state index in [9.17, 15) is 9.59 Å². The molecule has 4 rings (SSSR count). The molecular weight excluding hydrogens is 362 g/mol. The lowest BCUT2D eigenvalue weighted by atomic mass is 10.0. The van der Waals surface area contributed by atoms with Crippen LogP contribution in [0.5, 0.6) is 0 Å². The SMILES string of the molecule is O=C(CCc1ccn2ncc(C(=O)NCc3ccccc3)c2c1)c1ccccc1. The Hall–Kier alpha value is -3.73. The van der Waals surface area contributed by atoms with E-state index in [1.54, 1.807) is 10.7 Å². The van der Waals surface area contributed by atoms with Crippen LogP contribution in [0.1, 0.15) is 38.3 Å². The number of hydrogen-bond donors (Lipinski definition) is 1. The zero-order valence-electron chi connectivity index (χ0n) is 15.9. The molecule has 29 heavy (non-hydrogen) atoms. The summed E-state index contributed by atoms with van der Waals surface area (Å²) in [5.41, 5.74) is 4.02. The summed E-state index contributed by atoms with van der Waals surface area (Å²) in [5, 5.41) is 7.21. The van der Waals surface area contributed by atoms with Crippen molar-refractivity contribution in [3.8, 4) is 0 Å². The Morgan fingerprint density at radius 1 is 0.897 bits per heavy atom. The topological polar surface area (TPSA) is 63.5 Å². The van der Waals surface area contributed by atoms with Crippen LogP contribution < -0.4 is 5.32 Å². The van der Waals surface area contributed by atoms with Crippen LogP contribution >= 0.6 is 0 Å². The summed E-state index contributed by atoms with van der Waals surface area (Å²) in [7, 11) is 0. The number of aryl methyl sites for hydroxylation is 1. The maximum atomic E-state index is 12.6. The third kappa shape index (κ3) is 4.41. The highest BCUT2D eigenvalue weighted by Gasteiger charge is 2.13. The number of carbonyl (C=O) groups excluding carboxylic acids is 2. The third-order valence-electron chi connectivity index (χ3n) is 4.86. The fourth-order valence-electron chi connectivity index (χ4n) is 3.25. The maximum Gasteiger partial charge on any atom is 0.255 e. The van der Waals surface area contributed by atoms with Crippen molar-refractivity contribution in [1.29, 1.82) is 0 Å². The lowest BCUT2D eigenvalue weighted by Gasteiger charge is -2.06. The van der Waals surface area contributed by atoms with Gasteiger partial charge in [0.1, 0.15) is 0 Å². The standard InChI is InChI=1S/C24H21N3O2/c28-23(20-9-5-2-6-10-20)12-11-18-13-14-27-22(15-18)21(17-26-27)24(29)25-16-19-7-3-1-4-8-19/h1-10,13-15,17H,11-12,16H2,(H,25,29). The van der Waals surface area contributed by atoms with E-state index in [1.807, 2.05) is 79.0 Å². The van der Waals surface area contributed by atoms with Gasteiger partial charge in [0.05, 0.1) is 17.3 Å². The summed E-state index contributed by atoms with van der Waals surface area (Å²) in [4.78, 5) is 25.0. The van der Waals surface area contributed by atoms with Crippen LogP contribution in [0.4, 0.5) is 0 Å². The number of Topliss-reactive ketones (excluding diaryl/α,β-unsaturated/α-hetero) is 1. The second-order valence-corrected chi connectivity index (χ2v) is 6.88. The minimum absolute atomic E-state index is 0.111. The molecule has 0 saturated carbocycles. The van der Waals surface area contributed by atoms with Crippen molar-refractivity contribution in [1.82, 2.24) is 14.9 Å². The Kier molecular flexibility index (Phi) is 5.47. The van der Waals surface area contributed by atoms with Gasteiger partial charge >= 0.3 is 0 Å². The quantitative estimate of drug-likeness (QED) is 0.489. The predicted molar refractivity (Wildman–Crippen MR) is 112 cm³/mol. The zero-order chi connectivity index (χ0) is 20.1. The molecule has 1 amide bonds. The van der Waals surface area contributed by atoms with Gasteiger partial charge < -0.3 is 5.32 Å². The van der Waals surface area contributed by atoms with E-state index < -0.39 is 0 Å². The summed E-state index contributed by atoms with van der Waals surface area (Å²) in [6.45, 7) is 0.461. The van der Waals surface area contributed by atoms with Crippen molar-refractivity contribution in [2.45, 2.75) is 19.4 Å². The molecular formula is C24H21N3O2. The second kappa shape index (κ2) is 8.52. The Morgan fingerprint density at radius 3 is 2.38 bits per heavy atom. The van der Waals surface area contributed by atoms with Crippen LogP contribution in [-0.2, 0) is 13.0 Å². The van der Waals surface area contributed by atoms with E-state index in [-0.39, 0.29) is 11.7 Å². The van der Waals surface area contributed by atoms with E-state index in [4.69, 9.17) is 0 Å². The highest BCUT2D eigenvalue weighted by molar-refractivity contribution is 6.00. The van der Waals surface area contributed by atoms with Gasteiger partial charge in [0.15, 0.2) is 5.78 Å². The first-order valence-electron chi connectivity index (χ1n) is 9.57. The Bertz CT molecular complexity index is 1130. The van der Waals surface area contributed by atoms with Crippen molar-refractivity contribution in [2.75, 3.05) is 0 Å². The zero-order valence-corrected chi connectivity index (χ0v) is 15.9. The smallest absolute Gasteiger partial charge is 0.255 e. The molecule has 0 saturated heterocycles. The Morgan fingerprint density at radius 2 is 1.62 bits per heavy atom. The largest absolute Gasteiger partial charge is 0.348 e. The molecule has 0 unspecified atom stereocenters. The minimum atomic E-state index is -0.165. The van der Waals surface area contributed by atoms with Crippen LogP contribution in [0.2, 0.25) is 0 Å². The number of nitrogens with zero attached hydrogens (tertiary/aromatic N) is 2. The van der Waals surface area contributed by atoms with Gasteiger partial charge in [-0.1, -0.05) is 60.7 Å². The minimum Gasteiger partial charge on any atom is -0.348 e. The number of hydrogen-bond acceptors (Lipinski definition) is 3. The molecule has 0 atom stereocenters. The lowest BCUT2D eigenvalue weighted by Crippen LogP contribution is -2.22. The van der Waals surface area contributed by atoms with Crippen molar-refractivity contribution in [3.05, 3.63) is 107 Å². The highest BCUT2D eigenvalue weighted by Crippen LogP contribution is 2.15. The van der Waals surface area contributed by atoms with E-state index in [2.05, 4.69) is 10.4 Å². The number of aromatic nitrogens is 2. The van der Waals surface area contributed by atoms with Crippen LogP contribution in [-0.4, -0.2) is 21.3 Å². The van der Waals surface area contributed by atoms with Crippen molar-refractivity contribution in [3.63, 3.8) is 0 Å². The fourth-order valence-corrected chi connectivity index (χ4v) is 3.25. The summed E-state index contributed by atoms with van der Waals surface area (Å²) in [6, 6.07) is 22.9. The van der Waals surface area contributed by atoms with Gasteiger partial charge in [-0.2, -0.15) is 5.10 Å². The molecule has 1 N–H and O–H groups in total. The number of ketones is 1. The monoisotopic (exact) mass is 383 g/mol. The van der Waals surface area contributed by atoms with E-state index in [1.165, 1.54) is 0 Å². The first-order valence-corrected chi connectivity index (χ1v) is 9.57. The lowest BCUT2D eigenvalue weighted by molar-refractivity contribution is 0.0950. The van der Waals surface area contributed by atoms with Crippen LogP contribution in [0, 0.1) is 0 Å². The molecule has 144 valence electrons. The maximum absolute atomic E-state index is 12.6. The summed E-state index contributed by atoms with van der Waals surface area (Å²) in [6.07, 6.45) is 4.44. The number of fused-ring (bicyclic) bond motifs is 1. The predicted octanol–water partition coefficient (Wildman–Crippen LogP) is 4.08. The van der Waals surface area contributed by atoms with Crippen LogP contribution in [0.25, 0.3) is 5.52 Å². The molecule has 4 aromatic rings. The molecule has 0 fully saturated rings. The van der Waals surface area contributed by atoms with Gasteiger partial charge in [0.2, 0.25) is 0 Å². The Balaban J connectivity index is 1.46. The van der Waals surface area contributed by atoms with Gasteiger partial charge in [0, 0.05) is 24.7 Å². The molecule has 5 heteroatoms. The molecule has 0 radical (unpaired) electrons. The average Bonchev–Trinajstić information content (AvgIpc) is 3.20. The van der Waals surface area contributed by atoms with Crippen molar-refractivity contribution >= 4 is 17.2 Å². The highest BCUT2D eigenvalue weighted by atomic mass is 16.1. The fraction of sp³-hybridized carbons (Fsp3) is 0.125. The molecule has 2 aromatic heterocycles. The number of rotatable bonds is 7. The molecule has 0 aliphatic carbocycles. The van der Waals surface area contributed by atoms with Gasteiger partial charge in [-0.25, -0.2) is 4.52 Å². The van der Waals surface area contributed by atoms with Crippen LogP contribution in [0.15, 0.2) is 85.2 Å². The van der Waals surface area contributed by atoms with Gasteiger partial charge in [-0.05, 0) is 29.7 Å². The molecule has 5 nitrogen and oxygen atoms in total. The second-order valence-electron chi connectivity index (χ2n) is 6.88. The molecule has 2 aromatic carbocycles. The number of carbonyl (C=O) groups is 2. The summed E-state index contributed by atoms with van der Waals surface area (Å²) in [5.74, 6) is -0.0545. The molecule has 0 aliphatic heterocycles. The number of pyridine rings is 1. The Labute approximate surface area is 169 Å².